The zero-order valence-electron chi connectivity index (χ0n) is 14.5. The molecule has 138 valence electrons. The minimum atomic E-state index is -0.558. The van der Waals surface area contributed by atoms with Crippen LogP contribution in [0.25, 0.3) is 0 Å². The Morgan fingerprint density at radius 1 is 1.19 bits per heavy atom. The van der Waals surface area contributed by atoms with Gasteiger partial charge in [-0.05, 0) is 24.8 Å². The highest BCUT2D eigenvalue weighted by atomic mass is 16.7. The quantitative estimate of drug-likeness (QED) is 0.853. The van der Waals surface area contributed by atoms with E-state index in [1.165, 1.54) is 10.1 Å². The summed E-state index contributed by atoms with van der Waals surface area (Å²) in [6.07, 6.45) is 2.46. The number of nitrogens with zero attached hydrogens (tertiary/aromatic N) is 3. The monoisotopic (exact) mass is 358 g/mol. The van der Waals surface area contributed by atoms with Crippen LogP contribution in [0.4, 0.5) is 4.79 Å². The SMILES string of the molecule is O=C(NN1CCCC1=O)[C@@H]1CC[C@@H]2CN1C(=O)N2OCc1ccccc1. The van der Waals surface area contributed by atoms with Gasteiger partial charge < -0.3 is 4.90 Å². The van der Waals surface area contributed by atoms with Crippen molar-refractivity contribution in [2.24, 2.45) is 0 Å². The summed E-state index contributed by atoms with van der Waals surface area (Å²) >= 11 is 0. The highest BCUT2D eigenvalue weighted by Crippen LogP contribution is 2.30. The van der Waals surface area contributed by atoms with Gasteiger partial charge >= 0.3 is 6.03 Å². The Hall–Kier alpha value is -2.61. The van der Waals surface area contributed by atoms with E-state index in [0.717, 1.165) is 12.0 Å². The van der Waals surface area contributed by atoms with Crippen LogP contribution < -0.4 is 5.43 Å². The molecule has 3 heterocycles. The summed E-state index contributed by atoms with van der Waals surface area (Å²) in [4.78, 5) is 44.2. The summed E-state index contributed by atoms with van der Waals surface area (Å²) in [6.45, 7) is 1.32. The van der Waals surface area contributed by atoms with Crippen molar-refractivity contribution < 1.29 is 19.2 Å². The Balaban J connectivity index is 1.38. The summed E-state index contributed by atoms with van der Waals surface area (Å²) in [5, 5.41) is 2.76. The Morgan fingerprint density at radius 3 is 2.73 bits per heavy atom. The average Bonchev–Trinajstić information content (AvgIpc) is 3.16. The van der Waals surface area contributed by atoms with E-state index in [-0.39, 0.29) is 23.9 Å². The van der Waals surface area contributed by atoms with Crippen molar-refractivity contribution in [3.05, 3.63) is 35.9 Å². The molecule has 1 aromatic carbocycles. The number of hydrazine groups is 1. The fraction of sp³-hybridized carbons (Fsp3) is 0.500. The van der Waals surface area contributed by atoms with Gasteiger partial charge in [0.15, 0.2) is 0 Å². The summed E-state index contributed by atoms with van der Waals surface area (Å²) in [6, 6.07) is 8.78. The summed E-state index contributed by atoms with van der Waals surface area (Å²) in [5.74, 6) is -0.371. The van der Waals surface area contributed by atoms with Gasteiger partial charge in [0.05, 0.1) is 6.04 Å². The number of amides is 4. The van der Waals surface area contributed by atoms with Gasteiger partial charge in [-0.2, -0.15) is 5.06 Å². The van der Waals surface area contributed by atoms with Crippen LogP contribution in [-0.4, -0.2) is 58.0 Å². The molecule has 3 saturated heterocycles. The molecule has 8 nitrogen and oxygen atoms in total. The van der Waals surface area contributed by atoms with E-state index < -0.39 is 6.04 Å². The Kier molecular flexibility index (Phi) is 4.50. The topological polar surface area (TPSA) is 82.2 Å². The molecular weight excluding hydrogens is 336 g/mol. The van der Waals surface area contributed by atoms with Crippen LogP contribution in [-0.2, 0) is 21.0 Å². The van der Waals surface area contributed by atoms with Crippen molar-refractivity contribution >= 4 is 17.8 Å². The second-order valence-corrected chi connectivity index (χ2v) is 6.89. The van der Waals surface area contributed by atoms with Gasteiger partial charge in [0.2, 0.25) is 5.91 Å². The van der Waals surface area contributed by atoms with Crippen LogP contribution >= 0.6 is 0 Å². The molecule has 0 radical (unpaired) electrons. The maximum atomic E-state index is 12.7. The number of fused-ring (bicyclic) bond motifs is 2. The van der Waals surface area contributed by atoms with Crippen molar-refractivity contribution in [2.75, 3.05) is 13.1 Å². The largest absolute Gasteiger partial charge is 0.345 e. The minimum Gasteiger partial charge on any atom is -0.309 e. The van der Waals surface area contributed by atoms with Crippen LogP contribution in [0, 0.1) is 0 Å². The van der Waals surface area contributed by atoms with Gasteiger partial charge in [-0.25, -0.2) is 4.79 Å². The average molecular weight is 358 g/mol. The molecule has 4 amide bonds. The number of urea groups is 1. The first-order valence-corrected chi connectivity index (χ1v) is 9.01. The number of carbonyl (C=O) groups is 3. The van der Waals surface area contributed by atoms with Crippen LogP contribution in [0.15, 0.2) is 30.3 Å². The fourth-order valence-electron chi connectivity index (χ4n) is 3.76. The summed E-state index contributed by atoms with van der Waals surface area (Å²) < 4.78 is 0. The molecule has 0 aliphatic carbocycles. The molecule has 0 unspecified atom stereocenters. The third-order valence-corrected chi connectivity index (χ3v) is 5.16. The number of rotatable bonds is 5. The van der Waals surface area contributed by atoms with Gasteiger partial charge in [0.25, 0.3) is 5.91 Å². The third-order valence-electron chi connectivity index (χ3n) is 5.16. The van der Waals surface area contributed by atoms with E-state index in [1.807, 2.05) is 30.3 Å². The molecular formula is C18H22N4O4. The van der Waals surface area contributed by atoms with E-state index in [1.54, 1.807) is 4.90 Å². The van der Waals surface area contributed by atoms with Crippen molar-refractivity contribution in [3.63, 3.8) is 0 Å². The van der Waals surface area contributed by atoms with Gasteiger partial charge in [0.1, 0.15) is 12.6 Å². The number of hydroxylamine groups is 2. The summed E-state index contributed by atoms with van der Waals surface area (Å²) in [7, 11) is 0. The number of benzene rings is 1. The molecule has 3 aliphatic rings. The van der Waals surface area contributed by atoms with Crippen molar-refractivity contribution in [1.82, 2.24) is 20.4 Å². The fourth-order valence-corrected chi connectivity index (χ4v) is 3.76. The molecule has 0 saturated carbocycles. The van der Waals surface area contributed by atoms with E-state index in [2.05, 4.69) is 5.43 Å². The van der Waals surface area contributed by atoms with Crippen LogP contribution in [0.1, 0.15) is 31.2 Å². The van der Waals surface area contributed by atoms with Gasteiger partial charge in [-0.15, -0.1) is 0 Å². The molecule has 1 aromatic rings. The number of carbonyl (C=O) groups excluding carboxylic acids is 3. The minimum absolute atomic E-state index is 0.0383. The zero-order valence-corrected chi connectivity index (χ0v) is 14.5. The van der Waals surface area contributed by atoms with Gasteiger partial charge in [-0.1, -0.05) is 30.3 Å². The normalized spacial score (nSPS) is 25.2. The number of piperidine rings is 1. The highest BCUT2D eigenvalue weighted by Gasteiger charge is 2.48. The lowest BCUT2D eigenvalue weighted by atomic mass is 10.0. The highest BCUT2D eigenvalue weighted by molar-refractivity contribution is 5.90. The molecule has 8 heteroatoms. The lowest BCUT2D eigenvalue weighted by Crippen LogP contribution is -2.54. The van der Waals surface area contributed by atoms with E-state index in [0.29, 0.717) is 39.0 Å². The van der Waals surface area contributed by atoms with Gasteiger partial charge in [0, 0.05) is 19.5 Å². The second kappa shape index (κ2) is 6.95. The van der Waals surface area contributed by atoms with Crippen molar-refractivity contribution in [1.29, 1.82) is 0 Å². The molecule has 2 atom stereocenters. The Labute approximate surface area is 151 Å². The van der Waals surface area contributed by atoms with Crippen molar-refractivity contribution in [2.45, 2.75) is 44.4 Å². The standard InChI is InChI=1S/C18H22N4O4/c23-16-7-4-10-21(16)19-17(24)15-9-8-14-11-20(15)18(25)22(14)26-12-13-5-2-1-3-6-13/h1-3,5-6,14-15H,4,7-12H2,(H,19,24)/t14-,15+/m1/s1. The first kappa shape index (κ1) is 16.8. The summed E-state index contributed by atoms with van der Waals surface area (Å²) in [5.41, 5.74) is 3.65. The number of hydrogen-bond acceptors (Lipinski definition) is 4. The smallest absolute Gasteiger partial charge is 0.309 e. The predicted molar refractivity (Wildman–Crippen MR) is 91.1 cm³/mol. The Morgan fingerprint density at radius 2 is 2.00 bits per heavy atom. The Bertz CT molecular complexity index is 710. The van der Waals surface area contributed by atoms with Crippen LogP contribution in [0.3, 0.4) is 0 Å². The lowest BCUT2D eigenvalue weighted by molar-refractivity contribution is -0.141. The first-order chi connectivity index (χ1) is 12.6. The van der Waals surface area contributed by atoms with Crippen LogP contribution in [0.5, 0.6) is 0 Å². The molecule has 4 rings (SSSR count). The van der Waals surface area contributed by atoms with Crippen LogP contribution in [0.2, 0.25) is 0 Å². The van der Waals surface area contributed by atoms with E-state index in [4.69, 9.17) is 4.84 Å². The zero-order chi connectivity index (χ0) is 18.1. The van der Waals surface area contributed by atoms with E-state index >= 15 is 0 Å². The van der Waals surface area contributed by atoms with E-state index in [9.17, 15) is 14.4 Å². The molecule has 3 aliphatic heterocycles. The first-order valence-electron chi connectivity index (χ1n) is 9.01. The third kappa shape index (κ3) is 3.12. The molecule has 2 bridgehead atoms. The van der Waals surface area contributed by atoms with Gasteiger partial charge in [-0.3, -0.25) is 24.9 Å². The molecule has 0 aromatic heterocycles. The number of hydrogen-bond donors (Lipinski definition) is 1. The maximum absolute atomic E-state index is 12.7. The van der Waals surface area contributed by atoms with Crippen molar-refractivity contribution in [3.8, 4) is 0 Å². The predicted octanol–water partition coefficient (Wildman–Crippen LogP) is 1.04. The maximum Gasteiger partial charge on any atom is 0.345 e. The number of nitrogens with one attached hydrogen (secondary N) is 1. The molecule has 0 spiro atoms. The molecule has 26 heavy (non-hydrogen) atoms. The molecule has 3 fully saturated rings. The lowest BCUT2D eigenvalue weighted by Gasteiger charge is -2.30. The molecule has 1 N–H and O–H groups in total. The second-order valence-electron chi connectivity index (χ2n) is 6.89.